The smallest absolute Gasteiger partial charge is 0.400 e. The van der Waals surface area contributed by atoms with E-state index in [4.69, 9.17) is 31.6 Å². The van der Waals surface area contributed by atoms with E-state index in [0.29, 0.717) is 0 Å². The summed E-state index contributed by atoms with van der Waals surface area (Å²) in [6.07, 6.45) is 3.29. The van der Waals surface area contributed by atoms with Crippen molar-refractivity contribution >= 4 is 7.32 Å². The highest BCUT2D eigenvalue weighted by molar-refractivity contribution is 6.32. The van der Waals surface area contributed by atoms with Crippen molar-refractivity contribution in [2.75, 3.05) is 0 Å². The van der Waals surface area contributed by atoms with Gasteiger partial charge in [0.2, 0.25) is 0 Å². The van der Waals surface area contributed by atoms with Gasteiger partial charge in [0.1, 0.15) is 18.2 Å². The Morgan fingerprint density at radius 3 is 1.50 bits per heavy atom. The Morgan fingerprint density at radius 1 is 1.00 bits per heavy atom. The van der Waals surface area contributed by atoms with E-state index in [-0.39, 0.29) is 5.54 Å². The van der Waals surface area contributed by atoms with Crippen LogP contribution in [0.25, 0.3) is 0 Å². The largest absolute Gasteiger partial charge is 0.662 e. The van der Waals surface area contributed by atoms with Crippen molar-refractivity contribution in [2.24, 2.45) is 5.73 Å². The van der Waals surface area contributed by atoms with Crippen molar-refractivity contribution in [3.63, 3.8) is 0 Å². The first-order chi connectivity index (χ1) is 9.28. The fourth-order valence-corrected chi connectivity index (χ4v) is 0.996. The maximum atomic E-state index is 8.23. The van der Waals surface area contributed by atoms with Crippen LogP contribution in [0.3, 0.4) is 0 Å². The lowest BCUT2D eigenvalue weighted by atomic mass is 9.92. The summed E-state index contributed by atoms with van der Waals surface area (Å²) in [5.41, 5.74) is 3.55. The molecule has 0 atom stereocenters. The van der Waals surface area contributed by atoms with Gasteiger partial charge in [-0.05, 0) is 19.3 Å². The second kappa shape index (κ2) is 10.2. The van der Waals surface area contributed by atoms with Crippen LogP contribution < -0.4 is 5.73 Å². The van der Waals surface area contributed by atoms with E-state index in [9.17, 15) is 0 Å². The number of hydrogen-bond donors (Lipinski definition) is 3. The van der Waals surface area contributed by atoms with E-state index >= 15 is 0 Å². The Labute approximate surface area is 119 Å². The molecule has 0 aliphatic rings. The Bertz CT molecular complexity index is 348. The normalized spacial score (nSPS) is 10.3. The van der Waals surface area contributed by atoms with E-state index < -0.39 is 12.9 Å². The van der Waals surface area contributed by atoms with Crippen LogP contribution in [0.5, 0.6) is 0 Å². The molecule has 20 heavy (non-hydrogen) atoms. The van der Waals surface area contributed by atoms with Gasteiger partial charge in [0, 0.05) is 5.54 Å². The van der Waals surface area contributed by atoms with Crippen molar-refractivity contribution in [3.8, 4) is 18.2 Å². The van der Waals surface area contributed by atoms with Gasteiger partial charge < -0.3 is 15.8 Å². The molecular formula is C11H19BN4O4. The van der Waals surface area contributed by atoms with Crippen LogP contribution in [-0.2, 0) is 9.69 Å². The molecule has 0 aliphatic carbocycles. The molecule has 8 nitrogen and oxygen atoms in total. The van der Waals surface area contributed by atoms with Crippen LogP contribution in [0.15, 0.2) is 0 Å². The van der Waals surface area contributed by atoms with Crippen molar-refractivity contribution < 1.29 is 19.7 Å². The Kier molecular flexibility index (Phi) is 10.5. The topological polar surface area (TPSA) is 156 Å². The van der Waals surface area contributed by atoms with E-state index in [1.54, 1.807) is 0 Å². The molecule has 4 N–H and O–H groups in total. The number of nitrogens with two attached hydrogens (primary N) is 1. The highest BCUT2D eigenvalue weighted by Crippen LogP contribution is 2.14. The molecule has 0 heterocycles. The predicted molar refractivity (Wildman–Crippen MR) is 69.7 cm³/mol. The fraction of sp³-hybridized carbons (Fsp3) is 0.727. The minimum Gasteiger partial charge on any atom is -0.400 e. The highest BCUT2D eigenvalue weighted by atomic mass is 17.2. The number of nitrogens with zero attached hydrogens (tertiary/aromatic N) is 3. The van der Waals surface area contributed by atoms with Crippen LogP contribution in [0.2, 0.25) is 0 Å². The van der Waals surface area contributed by atoms with Gasteiger partial charge >= 0.3 is 12.9 Å². The number of hydrogen-bond acceptors (Lipinski definition) is 8. The summed E-state index contributed by atoms with van der Waals surface area (Å²) in [5, 5.41) is 40.8. The highest BCUT2D eigenvalue weighted by Gasteiger charge is 2.34. The first kappa shape index (κ1) is 20.6. The number of rotatable bonds is 6. The minimum absolute atomic E-state index is 0.125. The second-order valence-corrected chi connectivity index (χ2v) is 3.95. The number of nitriles is 3. The average molecular weight is 282 g/mol. The predicted octanol–water partition coefficient (Wildman–Crippen LogP) is 0.128. The SMILES string of the molecule is CCC(N)(CC)CC.N#CC(C#N)(C#N)OOB(O)O. The summed E-state index contributed by atoms with van der Waals surface area (Å²) < 4.78 is 0. The van der Waals surface area contributed by atoms with Crippen molar-refractivity contribution in [3.05, 3.63) is 0 Å². The van der Waals surface area contributed by atoms with Crippen LogP contribution in [0.4, 0.5) is 0 Å². The van der Waals surface area contributed by atoms with E-state index in [1.165, 1.54) is 18.2 Å². The standard InChI is InChI=1S/C7H17N.C4H2BN3O4/c1-4-7(8,5-2)6-3;6-1-4(2-7,3-8)11-12-5(9)10/h4-6,8H2,1-3H3;9-10H. The maximum Gasteiger partial charge on any atom is 0.662 e. The van der Waals surface area contributed by atoms with Crippen molar-refractivity contribution in [1.29, 1.82) is 15.8 Å². The van der Waals surface area contributed by atoms with Crippen molar-refractivity contribution in [2.45, 2.75) is 51.2 Å². The molecule has 0 aromatic heterocycles. The minimum atomic E-state index is -2.47. The zero-order valence-electron chi connectivity index (χ0n) is 11.8. The Balaban J connectivity index is 0. The molecule has 0 unspecified atom stereocenters. The summed E-state index contributed by atoms with van der Waals surface area (Å²) >= 11 is 0. The summed E-state index contributed by atoms with van der Waals surface area (Å²) in [6, 6.07) is 3.54. The Hall–Kier alpha value is -1.67. The lowest BCUT2D eigenvalue weighted by Crippen LogP contribution is -2.37. The van der Waals surface area contributed by atoms with E-state index in [1.807, 2.05) is 0 Å². The Morgan fingerprint density at radius 2 is 1.35 bits per heavy atom. The van der Waals surface area contributed by atoms with E-state index in [2.05, 4.69) is 30.5 Å². The molecule has 0 saturated carbocycles. The van der Waals surface area contributed by atoms with E-state index in [0.717, 1.165) is 19.3 Å². The van der Waals surface area contributed by atoms with Gasteiger partial charge in [-0.2, -0.15) is 20.7 Å². The maximum absolute atomic E-state index is 8.23. The van der Waals surface area contributed by atoms with Gasteiger partial charge in [0.15, 0.2) is 0 Å². The summed E-state index contributed by atoms with van der Waals surface area (Å²) in [6.45, 7) is 6.44. The molecule has 0 rings (SSSR count). The average Bonchev–Trinajstić information content (AvgIpc) is 2.49. The van der Waals surface area contributed by atoms with Gasteiger partial charge in [-0.25, -0.2) is 4.81 Å². The van der Waals surface area contributed by atoms with Crippen LogP contribution >= 0.6 is 0 Å². The van der Waals surface area contributed by atoms with Gasteiger partial charge in [-0.1, -0.05) is 20.8 Å². The van der Waals surface area contributed by atoms with Gasteiger partial charge in [0.05, 0.1) is 0 Å². The van der Waals surface area contributed by atoms with Crippen molar-refractivity contribution in [1.82, 2.24) is 0 Å². The molecule has 0 aromatic rings. The zero-order valence-corrected chi connectivity index (χ0v) is 11.8. The molecule has 0 saturated heterocycles. The molecule has 0 amide bonds. The summed E-state index contributed by atoms with van der Waals surface area (Å²) in [7, 11) is -2.31. The molecular weight excluding hydrogens is 263 g/mol. The molecule has 110 valence electrons. The zero-order chi connectivity index (χ0) is 16.2. The first-order valence-corrected chi connectivity index (χ1v) is 6.01. The fourth-order valence-electron chi connectivity index (χ4n) is 0.996. The molecule has 0 spiro atoms. The molecule has 0 aliphatic heterocycles. The summed E-state index contributed by atoms with van der Waals surface area (Å²) in [4.78, 5) is 7.48. The molecule has 0 radical (unpaired) electrons. The lowest BCUT2D eigenvalue weighted by molar-refractivity contribution is -0.262. The van der Waals surface area contributed by atoms with Gasteiger partial charge in [0.25, 0.3) is 0 Å². The van der Waals surface area contributed by atoms with Crippen LogP contribution in [-0.4, -0.2) is 28.5 Å². The third-order valence-corrected chi connectivity index (χ3v) is 2.84. The monoisotopic (exact) mass is 282 g/mol. The lowest BCUT2D eigenvalue weighted by Gasteiger charge is -2.23. The molecule has 0 fully saturated rings. The first-order valence-electron chi connectivity index (χ1n) is 6.01. The van der Waals surface area contributed by atoms with Crippen LogP contribution in [0.1, 0.15) is 40.0 Å². The second-order valence-electron chi connectivity index (χ2n) is 3.95. The quantitative estimate of drug-likeness (QED) is 0.352. The third kappa shape index (κ3) is 7.70. The molecule has 0 bridgehead atoms. The van der Waals surface area contributed by atoms with Gasteiger partial charge in [-0.3, -0.25) is 0 Å². The molecule has 0 aromatic carbocycles. The molecule has 9 heteroatoms. The van der Waals surface area contributed by atoms with Crippen LogP contribution in [0, 0.1) is 34.0 Å². The van der Waals surface area contributed by atoms with Gasteiger partial charge in [-0.15, -0.1) is 0 Å². The third-order valence-electron chi connectivity index (χ3n) is 2.84. The summed E-state index contributed by atoms with van der Waals surface area (Å²) in [5.74, 6) is 0.